The molecule has 1 heterocycles. The van der Waals surface area contributed by atoms with Gasteiger partial charge >= 0.3 is 5.97 Å². The van der Waals surface area contributed by atoms with Crippen LogP contribution in [0.4, 0.5) is 8.78 Å². The molecule has 0 bridgehead atoms. The van der Waals surface area contributed by atoms with Crippen LogP contribution in [0.5, 0.6) is 5.75 Å². The Hall–Kier alpha value is -3.45. The molecule has 1 aromatic heterocycles. The molecular weight excluding hydrogens is 474 g/mol. The zero-order chi connectivity index (χ0) is 24.5. The van der Waals surface area contributed by atoms with Crippen molar-refractivity contribution >= 4 is 28.6 Å². The average Bonchev–Trinajstić information content (AvgIpc) is 3.61. The van der Waals surface area contributed by atoms with Gasteiger partial charge in [0, 0.05) is 30.1 Å². The maximum absolute atomic E-state index is 14.2. The van der Waals surface area contributed by atoms with Crippen molar-refractivity contribution in [2.24, 2.45) is 5.92 Å². The van der Waals surface area contributed by atoms with Gasteiger partial charge in [0.1, 0.15) is 11.6 Å². The predicted octanol–water partition coefficient (Wildman–Crippen LogP) is 6.49. The van der Waals surface area contributed by atoms with Crippen molar-refractivity contribution < 1.29 is 23.4 Å². The van der Waals surface area contributed by atoms with Gasteiger partial charge in [0.15, 0.2) is 11.6 Å². The predicted molar refractivity (Wildman–Crippen MR) is 130 cm³/mol. The minimum absolute atomic E-state index is 0.0562. The molecule has 1 fully saturated rings. The van der Waals surface area contributed by atoms with E-state index in [4.69, 9.17) is 21.4 Å². The van der Waals surface area contributed by atoms with Crippen LogP contribution < -0.4 is 4.74 Å². The number of carboxylic acids is 1. The standard InChI is InChI=1S/C27H23ClF2N2O3/c28-19-8-9-20(25(11-19)35-15-18-5-6-18)27-31-23-12-21(29)22(30)13-24(23)32(27)14-17-3-1-16(2-4-17)7-10-26(33)34/h1-4,8-9,11-13,18H,5-7,10,14-15H2,(H,33,34). The molecule has 0 aliphatic heterocycles. The van der Waals surface area contributed by atoms with E-state index in [1.807, 2.05) is 34.9 Å². The van der Waals surface area contributed by atoms with Gasteiger partial charge in [-0.2, -0.15) is 0 Å². The van der Waals surface area contributed by atoms with Crippen molar-refractivity contribution in [3.63, 3.8) is 0 Å². The highest BCUT2D eigenvalue weighted by Crippen LogP contribution is 2.37. The van der Waals surface area contributed by atoms with Crippen LogP contribution in [0.1, 0.15) is 30.4 Å². The lowest BCUT2D eigenvalue weighted by molar-refractivity contribution is -0.136. The van der Waals surface area contributed by atoms with Gasteiger partial charge in [-0.25, -0.2) is 13.8 Å². The Morgan fingerprint density at radius 1 is 1.06 bits per heavy atom. The third kappa shape index (κ3) is 5.30. The second kappa shape index (κ2) is 9.66. The fourth-order valence-electron chi connectivity index (χ4n) is 4.02. The minimum Gasteiger partial charge on any atom is -0.492 e. The number of nitrogens with zero attached hydrogens (tertiary/aromatic N) is 2. The molecule has 1 aliphatic rings. The number of carbonyl (C=O) groups is 1. The Kier molecular flexibility index (Phi) is 6.43. The van der Waals surface area contributed by atoms with E-state index in [0.29, 0.717) is 58.7 Å². The zero-order valence-corrected chi connectivity index (χ0v) is 19.6. The molecule has 0 radical (unpaired) electrons. The molecule has 0 unspecified atom stereocenters. The van der Waals surface area contributed by atoms with Crippen LogP contribution in [0.25, 0.3) is 22.4 Å². The second-order valence-electron chi connectivity index (χ2n) is 8.88. The van der Waals surface area contributed by atoms with Gasteiger partial charge in [0.05, 0.1) is 23.2 Å². The van der Waals surface area contributed by atoms with Crippen molar-refractivity contribution in [2.75, 3.05) is 6.61 Å². The third-order valence-corrected chi connectivity index (χ3v) is 6.37. The van der Waals surface area contributed by atoms with Gasteiger partial charge in [-0.05, 0) is 54.5 Å². The van der Waals surface area contributed by atoms with E-state index >= 15 is 0 Å². The van der Waals surface area contributed by atoms with Gasteiger partial charge in [-0.3, -0.25) is 4.79 Å². The number of aromatic nitrogens is 2. The highest BCUT2D eigenvalue weighted by atomic mass is 35.5. The number of imidazole rings is 1. The molecule has 0 spiro atoms. The van der Waals surface area contributed by atoms with Crippen molar-refractivity contribution in [1.82, 2.24) is 9.55 Å². The van der Waals surface area contributed by atoms with Gasteiger partial charge in [0.2, 0.25) is 0 Å². The third-order valence-electron chi connectivity index (χ3n) is 6.14. The van der Waals surface area contributed by atoms with Crippen LogP contribution in [0.3, 0.4) is 0 Å². The quantitative estimate of drug-likeness (QED) is 0.288. The first-order valence-electron chi connectivity index (χ1n) is 11.4. The summed E-state index contributed by atoms with van der Waals surface area (Å²) >= 11 is 6.24. The summed E-state index contributed by atoms with van der Waals surface area (Å²) in [5.74, 6) is -1.13. The minimum atomic E-state index is -0.960. The summed E-state index contributed by atoms with van der Waals surface area (Å²) in [7, 11) is 0. The molecule has 0 amide bonds. The fraction of sp³-hybridized carbons (Fsp3) is 0.259. The van der Waals surface area contributed by atoms with Gasteiger partial charge < -0.3 is 14.4 Å². The number of fused-ring (bicyclic) bond motifs is 1. The molecular formula is C27H23ClF2N2O3. The number of ether oxygens (including phenoxy) is 1. The number of rotatable bonds is 9. The summed E-state index contributed by atoms with van der Waals surface area (Å²) in [6.45, 7) is 0.926. The highest BCUT2D eigenvalue weighted by molar-refractivity contribution is 6.30. The molecule has 8 heteroatoms. The molecule has 4 aromatic rings. The summed E-state index contributed by atoms with van der Waals surface area (Å²) in [6.07, 6.45) is 2.76. The van der Waals surface area contributed by atoms with Gasteiger partial charge in [-0.1, -0.05) is 35.9 Å². The molecule has 180 valence electrons. The molecule has 1 aliphatic carbocycles. The van der Waals surface area contributed by atoms with Crippen molar-refractivity contribution in [3.8, 4) is 17.1 Å². The number of halogens is 3. The van der Waals surface area contributed by atoms with Crippen LogP contribution in [0, 0.1) is 17.6 Å². The number of hydrogen-bond acceptors (Lipinski definition) is 3. The van der Waals surface area contributed by atoms with E-state index in [2.05, 4.69) is 4.98 Å². The smallest absolute Gasteiger partial charge is 0.303 e. The Balaban J connectivity index is 1.55. The van der Waals surface area contributed by atoms with Crippen LogP contribution >= 0.6 is 11.6 Å². The Bertz CT molecular complexity index is 1400. The van der Waals surface area contributed by atoms with E-state index in [1.54, 1.807) is 12.1 Å². The summed E-state index contributed by atoms with van der Waals surface area (Å²) in [5.41, 5.74) is 3.29. The first-order valence-corrected chi connectivity index (χ1v) is 11.8. The number of carboxylic acid groups (broad SMARTS) is 1. The monoisotopic (exact) mass is 496 g/mol. The molecule has 1 saturated carbocycles. The summed E-state index contributed by atoms with van der Waals surface area (Å²) < 4.78 is 36.2. The number of benzene rings is 3. The number of aryl methyl sites for hydroxylation is 1. The van der Waals surface area contributed by atoms with E-state index in [-0.39, 0.29) is 6.42 Å². The average molecular weight is 497 g/mol. The van der Waals surface area contributed by atoms with Crippen LogP contribution in [-0.2, 0) is 17.8 Å². The normalized spacial score (nSPS) is 13.3. The highest BCUT2D eigenvalue weighted by Gasteiger charge is 2.24. The lowest BCUT2D eigenvalue weighted by atomic mass is 10.1. The first-order chi connectivity index (χ1) is 16.9. The van der Waals surface area contributed by atoms with E-state index < -0.39 is 17.6 Å². The summed E-state index contributed by atoms with van der Waals surface area (Å²) in [5, 5.41) is 9.43. The van der Waals surface area contributed by atoms with Gasteiger partial charge in [-0.15, -0.1) is 0 Å². The molecule has 5 rings (SSSR count). The number of aliphatic carboxylic acids is 1. The first kappa shape index (κ1) is 23.3. The molecule has 3 aromatic carbocycles. The summed E-state index contributed by atoms with van der Waals surface area (Å²) in [4.78, 5) is 15.5. The maximum Gasteiger partial charge on any atom is 0.303 e. The topological polar surface area (TPSA) is 64.3 Å². The molecule has 1 N–H and O–H groups in total. The lowest BCUT2D eigenvalue weighted by Gasteiger charge is -2.14. The molecule has 0 atom stereocenters. The Labute approximate surface area is 205 Å². The maximum atomic E-state index is 14.2. The Morgan fingerprint density at radius 3 is 2.49 bits per heavy atom. The van der Waals surface area contributed by atoms with Crippen LogP contribution in [0.15, 0.2) is 54.6 Å². The van der Waals surface area contributed by atoms with Crippen molar-refractivity contribution in [1.29, 1.82) is 0 Å². The van der Waals surface area contributed by atoms with Crippen LogP contribution in [-0.4, -0.2) is 27.2 Å². The Morgan fingerprint density at radius 2 is 1.77 bits per heavy atom. The molecule has 5 nitrogen and oxygen atoms in total. The van der Waals surface area contributed by atoms with Crippen LogP contribution in [0.2, 0.25) is 5.02 Å². The second-order valence-corrected chi connectivity index (χ2v) is 9.32. The fourth-order valence-corrected chi connectivity index (χ4v) is 4.19. The van der Waals surface area contributed by atoms with Crippen molar-refractivity contribution in [3.05, 3.63) is 82.4 Å². The van der Waals surface area contributed by atoms with E-state index in [9.17, 15) is 13.6 Å². The van der Waals surface area contributed by atoms with E-state index in [0.717, 1.165) is 36.1 Å². The summed E-state index contributed by atoms with van der Waals surface area (Å²) in [6, 6.07) is 15.1. The SMILES string of the molecule is O=C(O)CCc1ccc(Cn2c(-c3ccc(Cl)cc3OCC3CC3)nc3cc(F)c(F)cc32)cc1. The molecule has 35 heavy (non-hydrogen) atoms. The van der Waals surface area contributed by atoms with Crippen molar-refractivity contribution in [2.45, 2.75) is 32.2 Å². The number of hydrogen-bond donors (Lipinski definition) is 1. The zero-order valence-electron chi connectivity index (χ0n) is 18.8. The largest absolute Gasteiger partial charge is 0.492 e. The van der Waals surface area contributed by atoms with Gasteiger partial charge in [0.25, 0.3) is 0 Å². The van der Waals surface area contributed by atoms with E-state index in [1.165, 1.54) is 0 Å². The lowest BCUT2D eigenvalue weighted by Crippen LogP contribution is -2.05. The molecule has 0 saturated heterocycles.